The van der Waals surface area contributed by atoms with E-state index >= 15 is 0 Å². The van der Waals surface area contributed by atoms with E-state index < -0.39 is 24.0 Å². The Morgan fingerprint density at radius 2 is 1.50 bits per heavy atom. The first-order valence-corrected chi connectivity index (χ1v) is 14.3. The second-order valence-corrected chi connectivity index (χ2v) is 12.0. The summed E-state index contributed by atoms with van der Waals surface area (Å²) in [7, 11) is 1.62. The molecule has 0 spiro atoms. The fourth-order valence-corrected chi connectivity index (χ4v) is 5.08. The van der Waals surface area contributed by atoms with Gasteiger partial charge in [-0.25, -0.2) is 9.97 Å². The van der Waals surface area contributed by atoms with Crippen molar-refractivity contribution >= 4 is 29.1 Å². The number of thiophene rings is 1. The van der Waals surface area contributed by atoms with E-state index in [4.69, 9.17) is 4.74 Å². The number of carbonyl (C=O) groups excluding carboxylic acids is 2. The lowest BCUT2D eigenvalue weighted by Gasteiger charge is -2.20. The normalized spacial score (nSPS) is 12.7. The molecule has 2 aromatic heterocycles. The zero-order valence-electron chi connectivity index (χ0n) is 24.2. The average molecular weight is 587 g/mol. The number of benzene rings is 2. The van der Waals surface area contributed by atoms with Crippen molar-refractivity contribution < 1.29 is 24.2 Å². The minimum absolute atomic E-state index is 0.113. The van der Waals surface area contributed by atoms with Crippen LogP contribution in [-0.4, -0.2) is 52.1 Å². The molecule has 2 amide bonds. The molecule has 9 nitrogen and oxygen atoms in total. The Bertz CT molecular complexity index is 1540. The van der Waals surface area contributed by atoms with E-state index in [0.29, 0.717) is 10.7 Å². The Hall–Kier alpha value is -4.57. The highest BCUT2D eigenvalue weighted by molar-refractivity contribution is 7.14. The Kier molecular flexibility index (Phi) is 9.37. The first-order valence-electron chi connectivity index (χ1n) is 13.4. The van der Waals surface area contributed by atoms with Crippen LogP contribution in [0.5, 0.6) is 5.75 Å². The molecule has 4 rings (SSSR count). The molecule has 42 heavy (non-hydrogen) atoms. The number of carbonyl (C=O) groups is 3. The largest absolute Gasteiger partial charge is 0.497 e. The molecule has 10 heteroatoms. The van der Waals surface area contributed by atoms with Gasteiger partial charge in [-0.15, -0.1) is 11.3 Å². The number of methoxy groups -OCH3 is 1. The maximum atomic E-state index is 13.1. The summed E-state index contributed by atoms with van der Waals surface area (Å²) in [5.41, 5.74) is 3.30. The van der Waals surface area contributed by atoms with Crippen LogP contribution in [0.3, 0.4) is 0 Å². The number of amides is 2. The third kappa shape index (κ3) is 7.58. The maximum absolute atomic E-state index is 13.1. The molecule has 0 saturated heterocycles. The molecular weight excluding hydrogens is 552 g/mol. The molecule has 2 atom stereocenters. The van der Waals surface area contributed by atoms with Crippen LogP contribution in [-0.2, 0) is 21.4 Å². The molecule has 3 N–H and O–H groups in total. The summed E-state index contributed by atoms with van der Waals surface area (Å²) < 4.78 is 5.21. The number of nitrogens with zero attached hydrogens (tertiary/aromatic N) is 2. The highest BCUT2D eigenvalue weighted by Crippen LogP contribution is 2.29. The fraction of sp³-hybridized carbons (Fsp3) is 0.281. The quantitative estimate of drug-likeness (QED) is 0.235. The SMILES string of the molecule is COc1ccc(-c2cnc(-c3ccc(C[C@H](NC(=O)c4ccc(C(C)(C)C)s4)C(=O)N[C@H](C)C(=O)O)cc3)nc2)cc1. The zero-order valence-corrected chi connectivity index (χ0v) is 25.0. The molecule has 0 saturated carbocycles. The van der Waals surface area contributed by atoms with Crippen LogP contribution >= 0.6 is 11.3 Å². The summed E-state index contributed by atoms with van der Waals surface area (Å²) in [6, 6.07) is 16.6. The first-order chi connectivity index (χ1) is 19.9. The van der Waals surface area contributed by atoms with Gasteiger partial charge in [0.05, 0.1) is 12.0 Å². The molecule has 0 fully saturated rings. The number of hydrogen-bond acceptors (Lipinski definition) is 7. The fourth-order valence-electron chi connectivity index (χ4n) is 4.11. The zero-order chi connectivity index (χ0) is 30.4. The number of ether oxygens (including phenoxy) is 1. The van der Waals surface area contributed by atoms with Gasteiger partial charge in [-0.3, -0.25) is 14.4 Å². The van der Waals surface area contributed by atoms with Gasteiger partial charge in [0, 0.05) is 34.8 Å². The van der Waals surface area contributed by atoms with Gasteiger partial charge in [0.1, 0.15) is 17.8 Å². The highest BCUT2D eigenvalue weighted by atomic mass is 32.1. The van der Waals surface area contributed by atoms with Crippen molar-refractivity contribution in [1.29, 1.82) is 0 Å². The molecule has 0 aliphatic heterocycles. The van der Waals surface area contributed by atoms with Gasteiger partial charge in [-0.1, -0.05) is 57.2 Å². The van der Waals surface area contributed by atoms with Crippen LogP contribution in [0.1, 0.15) is 47.8 Å². The number of carboxylic acids is 1. The lowest BCUT2D eigenvalue weighted by Crippen LogP contribution is -2.51. The van der Waals surface area contributed by atoms with E-state index in [1.807, 2.05) is 54.6 Å². The average Bonchev–Trinajstić information content (AvgIpc) is 3.49. The van der Waals surface area contributed by atoms with Gasteiger partial charge in [0.2, 0.25) is 5.91 Å². The third-order valence-electron chi connectivity index (χ3n) is 6.65. The van der Waals surface area contributed by atoms with Crippen LogP contribution in [0, 0.1) is 0 Å². The lowest BCUT2D eigenvalue weighted by atomic mass is 9.95. The maximum Gasteiger partial charge on any atom is 0.325 e. The number of nitrogens with one attached hydrogen (secondary N) is 2. The van der Waals surface area contributed by atoms with Gasteiger partial charge >= 0.3 is 5.97 Å². The smallest absolute Gasteiger partial charge is 0.325 e. The molecular formula is C32H34N4O5S. The van der Waals surface area contributed by atoms with E-state index in [1.165, 1.54) is 18.3 Å². The Labute approximate surface area is 249 Å². The number of carboxylic acid groups (broad SMARTS) is 1. The van der Waals surface area contributed by atoms with Crippen LogP contribution < -0.4 is 15.4 Å². The van der Waals surface area contributed by atoms with Crippen LogP contribution in [0.2, 0.25) is 0 Å². The Morgan fingerprint density at radius 3 is 2.05 bits per heavy atom. The molecule has 0 aliphatic rings. The van der Waals surface area contributed by atoms with E-state index in [0.717, 1.165) is 32.9 Å². The van der Waals surface area contributed by atoms with Gasteiger partial charge in [0.25, 0.3) is 5.91 Å². The van der Waals surface area contributed by atoms with Crippen molar-refractivity contribution in [3.05, 3.63) is 88.4 Å². The van der Waals surface area contributed by atoms with Crippen molar-refractivity contribution in [3.8, 4) is 28.3 Å². The lowest BCUT2D eigenvalue weighted by molar-refractivity contribution is -0.141. The number of aliphatic carboxylic acids is 1. The van der Waals surface area contributed by atoms with E-state index in [-0.39, 0.29) is 17.7 Å². The molecule has 4 aromatic rings. The summed E-state index contributed by atoms with van der Waals surface area (Å²) in [5, 5.41) is 14.5. The van der Waals surface area contributed by atoms with E-state index in [2.05, 4.69) is 41.4 Å². The third-order valence-corrected chi connectivity index (χ3v) is 8.16. The van der Waals surface area contributed by atoms with Gasteiger partial charge in [0.15, 0.2) is 5.82 Å². The molecule has 0 unspecified atom stereocenters. The van der Waals surface area contributed by atoms with Gasteiger partial charge in [-0.05, 0) is 47.7 Å². The van der Waals surface area contributed by atoms with Gasteiger partial charge < -0.3 is 20.5 Å². The second-order valence-electron chi connectivity index (χ2n) is 10.9. The number of rotatable bonds is 10. The Morgan fingerprint density at radius 1 is 0.881 bits per heavy atom. The van der Waals surface area contributed by atoms with Crippen LogP contribution in [0.4, 0.5) is 0 Å². The predicted molar refractivity (Wildman–Crippen MR) is 163 cm³/mol. The molecule has 0 bridgehead atoms. The molecule has 2 aromatic carbocycles. The van der Waals surface area contributed by atoms with Crippen LogP contribution in [0.25, 0.3) is 22.5 Å². The molecule has 218 valence electrons. The van der Waals surface area contributed by atoms with Crippen molar-refractivity contribution in [1.82, 2.24) is 20.6 Å². The standard InChI is InChI=1S/C32H34N4O5S/c1-19(31(39)40)35-29(37)25(36-30(38)26-14-15-27(42-26)32(2,3)4)16-20-6-8-22(9-7-20)28-33-17-23(18-34-28)21-10-12-24(41-5)13-11-21/h6-15,17-19,25H,16H2,1-5H3,(H,35,37)(H,36,38)(H,39,40)/t19-,25+/m1/s1. The summed E-state index contributed by atoms with van der Waals surface area (Å²) in [6.45, 7) is 7.57. The van der Waals surface area contributed by atoms with E-state index in [1.54, 1.807) is 25.6 Å². The number of aromatic nitrogens is 2. The number of hydrogen-bond donors (Lipinski definition) is 3. The Balaban J connectivity index is 1.49. The molecule has 0 radical (unpaired) electrons. The van der Waals surface area contributed by atoms with Crippen LogP contribution in [0.15, 0.2) is 73.1 Å². The summed E-state index contributed by atoms with van der Waals surface area (Å²) in [5.74, 6) is -0.811. The second kappa shape index (κ2) is 12.9. The molecule has 2 heterocycles. The van der Waals surface area contributed by atoms with E-state index in [9.17, 15) is 19.5 Å². The minimum atomic E-state index is -1.16. The topological polar surface area (TPSA) is 131 Å². The van der Waals surface area contributed by atoms with Crippen molar-refractivity contribution in [2.75, 3.05) is 7.11 Å². The monoisotopic (exact) mass is 586 g/mol. The van der Waals surface area contributed by atoms with Gasteiger partial charge in [-0.2, -0.15) is 0 Å². The minimum Gasteiger partial charge on any atom is -0.497 e. The summed E-state index contributed by atoms with van der Waals surface area (Å²) >= 11 is 1.37. The van der Waals surface area contributed by atoms with Crippen molar-refractivity contribution in [2.24, 2.45) is 0 Å². The highest BCUT2D eigenvalue weighted by Gasteiger charge is 2.26. The summed E-state index contributed by atoms with van der Waals surface area (Å²) in [4.78, 5) is 48.0. The molecule has 0 aliphatic carbocycles. The summed E-state index contributed by atoms with van der Waals surface area (Å²) in [6.07, 6.45) is 3.68. The van der Waals surface area contributed by atoms with Crippen molar-refractivity contribution in [3.63, 3.8) is 0 Å². The predicted octanol–water partition coefficient (Wildman–Crippen LogP) is 5.11. The van der Waals surface area contributed by atoms with Crippen molar-refractivity contribution in [2.45, 2.75) is 51.6 Å². The first kappa shape index (κ1) is 30.4.